The van der Waals surface area contributed by atoms with Crippen molar-refractivity contribution in [1.82, 2.24) is 20.1 Å². The average Bonchev–Trinajstić information content (AvgIpc) is 3.27. The molecule has 0 radical (unpaired) electrons. The molecule has 0 fully saturated rings. The van der Waals surface area contributed by atoms with Gasteiger partial charge in [0.05, 0.1) is 16.8 Å². The van der Waals surface area contributed by atoms with E-state index in [1.54, 1.807) is 23.2 Å². The first-order chi connectivity index (χ1) is 15.1. The van der Waals surface area contributed by atoms with Gasteiger partial charge in [0.1, 0.15) is 5.82 Å². The molecule has 31 heavy (non-hydrogen) atoms. The van der Waals surface area contributed by atoms with Gasteiger partial charge in [-0.3, -0.25) is 14.9 Å². The lowest BCUT2D eigenvalue weighted by Gasteiger charge is -2.18. The van der Waals surface area contributed by atoms with Crippen LogP contribution in [0.2, 0.25) is 0 Å². The minimum absolute atomic E-state index is 0.00167. The number of hydrogen-bond acceptors (Lipinski definition) is 3. The highest BCUT2D eigenvalue weighted by Crippen LogP contribution is 2.20. The number of nitrogens with zero attached hydrogens (tertiary/aromatic N) is 3. The van der Waals surface area contributed by atoms with Crippen molar-refractivity contribution in [3.8, 4) is 11.3 Å². The summed E-state index contributed by atoms with van der Waals surface area (Å²) in [6.45, 7) is 0.700. The molecule has 6 heteroatoms. The van der Waals surface area contributed by atoms with Crippen LogP contribution in [0, 0.1) is 5.82 Å². The lowest BCUT2D eigenvalue weighted by atomic mass is 10.1. The third-order valence-corrected chi connectivity index (χ3v) is 5.42. The van der Waals surface area contributed by atoms with E-state index in [1.807, 2.05) is 43.4 Å². The predicted molar refractivity (Wildman–Crippen MR) is 120 cm³/mol. The van der Waals surface area contributed by atoms with Gasteiger partial charge in [-0.15, -0.1) is 0 Å². The van der Waals surface area contributed by atoms with E-state index < -0.39 is 0 Å². The Labute approximate surface area is 180 Å². The van der Waals surface area contributed by atoms with Gasteiger partial charge < -0.3 is 4.90 Å². The van der Waals surface area contributed by atoms with E-state index in [2.05, 4.69) is 15.2 Å². The number of aryl methyl sites for hydroxylation is 1. The molecule has 4 aromatic rings. The maximum atomic E-state index is 13.1. The Morgan fingerprint density at radius 1 is 1.03 bits per heavy atom. The minimum Gasteiger partial charge on any atom is -0.342 e. The SMILES string of the molecule is CN(CCCCCc1cc(-c2ccc(F)cc2)n[nH]1)C(=O)c1cccc2cccnc12. The number of para-hydroxylation sites is 1. The van der Waals surface area contributed by atoms with Gasteiger partial charge in [0.2, 0.25) is 0 Å². The average molecular weight is 417 g/mol. The van der Waals surface area contributed by atoms with Gasteiger partial charge >= 0.3 is 0 Å². The summed E-state index contributed by atoms with van der Waals surface area (Å²) in [5.74, 6) is -0.249. The van der Waals surface area contributed by atoms with E-state index in [1.165, 1.54) is 12.1 Å². The Morgan fingerprint density at radius 2 is 1.84 bits per heavy atom. The fourth-order valence-corrected chi connectivity index (χ4v) is 3.68. The van der Waals surface area contributed by atoms with E-state index in [0.717, 1.165) is 53.5 Å². The van der Waals surface area contributed by atoms with Crippen molar-refractivity contribution in [2.45, 2.75) is 25.7 Å². The molecule has 4 rings (SSSR count). The molecule has 0 saturated heterocycles. The zero-order valence-electron chi connectivity index (χ0n) is 17.5. The van der Waals surface area contributed by atoms with Crippen LogP contribution in [0.15, 0.2) is 66.9 Å². The summed E-state index contributed by atoms with van der Waals surface area (Å²) in [7, 11) is 1.84. The lowest BCUT2D eigenvalue weighted by Crippen LogP contribution is -2.28. The number of amides is 1. The van der Waals surface area contributed by atoms with E-state index in [4.69, 9.17) is 0 Å². The number of aromatic amines is 1. The van der Waals surface area contributed by atoms with Gasteiger partial charge in [-0.2, -0.15) is 5.10 Å². The number of rotatable bonds is 8. The number of nitrogens with one attached hydrogen (secondary N) is 1. The Hall–Kier alpha value is -3.54. The van der Waals surface area contributed by atoms with Crippen molar-refractivity contribution < 1.29 is 9.18 Å². The first kappa shape index (κ1) is 20.7. The summed E-state index contributed by atoms with van der Waals surface area (Å²) in [6.07, 6.45) is 5.55. The van der Waals surface area contributed by atoms with Crippen LogP contribution >= 0.6 is 0 Å². The van der Waals surface area contributed by atoms with E-state index >= 15 is 0 Å². The zero-order chi connectivity index (χ0) is 21.6. The van der Waals surface area contributed by atoms with Crippen LogP contribution in [-0.2, 0) is 6.42 Å². The van der Waals surface area contributed by atoms with Crippen LogP contribution < -0.4 is 0 Å². The highest BCUT2D eigenvalue weighted by Gasteiger charge is 2.15. The quantitative estimate of drug-likeness (QED) is 0.399. The van der Waals surface area contributed by atoms with Crippen LogP contribution in [0.4, 0.5) is 4.39 Å². The fraction of sp³-hybridized carbons (Fsp3) is 0.240. The third-order valence-electron chi connectivity index (χ3n) is 5.42. The molecule has 0 aliphatic heterocycles. The normalized spacial score (nSPS) is 11.0. The van der Waals surface area contributed by atoms with Crippen molar-refractivity contribution in [3.63, 3.8) is 0 Å². The fourth-order valence-electron chi connectivity index (χ4n) is 3.68. The largest absolute Gasteiger partial charge is 0.342 e. The smallest absolute Gasteiger partial charge is 0.255 e. The Bertz CT molecular complexity index is 1160. The highest BCUT2D eigenvalue weighted by atomic mass is 19.1. The van der Waals surface area contributed by atoms with Crippen LogP contribution in [0.5, 0.6) is 0 Å². The van der Waals surface area contributed by atoms with Crippen molar-refractivity contribution in [3.05, 3.63) is 83.9 Å². The Kier molecular flexibility index (Phi) is 6.36. The molecule has 158 valence electrons. The number of aromatic nitrogens is 3. The van der Waals surface area contributed by atoms with Crippen LogP contribution in [-0.4, -0.2) is 39.6 Å². The molecule has 2 heterocycles. The van der Waals surface area contributed by atoms with Crippen molar-refractivity contribution in [1.29, 1.82) is 0 Å². The summed E-state index contributed by atoms with van der Waals surface area (Å²) in [4.78, 5) is 19.0. The molecule has 2 aromatic carbocycles. The second kappa shape index (κ2) is 9.51. The van der Waals surface area contributed by atoms with Gasteiger partial charge in [-0.1, -0.05) is 24.6 Å². The molecule has 1 amide bonds. The standard InChI is InChI=1S/C25H25FN4O/c1-30(25(31)22-10-5-7-19-8-6-15-27-24(19)22)16-4-2-3-9-21-17-23(29-28-21)18-11-13-20(26)14-12-18/h5-8,10-15,17H,2-4,9,16H2,1H3,(H,28,29). The summed E-state index contributed by atoms with van der Waals surface area (Å²) in [5, 5.41) is 8.35. The number of hydrogen-bond donors (Lipinski definition) is 1. The van der Waals surface area contributed by atoms with Crippen LogP contribution in [0.3, 0.4) is 0 Å². The molecule has 0 spiro atoms. The number of unbranched alkanes of at least 4 members (excludes halogenated alkanes) is 2. The van der Waals surface area contributed by atoms with Crippen molar-refractivity contribution in [2.24, 2.45) is 0 Å². The highest BCUT2D eigenvalue weighted by molar-refractivity contribution is 6.05. The second-order valence-electron chi connectivity index (χ2n) is 7.70. The summed E-state index contributed by atoms with van der Waals surface area (Å²) >= 11 is 0. The van der Waals surface area contributed by atoms with E-state index in [-0.39, 0.29) is 11.7 Å². The van der Waals surface area contributed by atoms with E-state index in [0.29, 0.717) is 12.1 Å². The molecule has 0 unspecified atom stereocenters. The van der Waals surface area contributed by atoms with Crippen LogP contribution in [0.25, 0.3) is 22.2 Å². The topological polar surface area (TPSA) is 61.9 Å². The molecule has 0 aliphatic rings. The number of H-pyrrole nitrogens is 1. The number of benzene rings is 2. The van der Waals surface area contributed by atoms with Gasteiger partial charge in [-0.05, 0) is 61.7 Å². The number of carbonyl (C=O) groups is 1. The number of carbonyl (C=O) groups excluding carboxylic acids is 1. The summed E-state index contributed by atoms with van der Waals surface area (Å²) < 4.78 is 13.1. The molecule has 0 bridgehead atoms. The molecule has 2 aromatic heterocycles. The Morgan fingerprint density at radius 3 is 2.68 bits per heavy atom. The maximum absolute atomic E-state index is 13.1. The molecule has 1 N–H and O–H groups in total. The minimum atomic E-state index is -0.250. The summed E-state index contributed by atoms with van der Waals surface area (Å²) in [5.41, 5.74) is 4.17. The molecule has 5 nitrogen and oxygen atoms in total. The lowest BCUT2D eigenvalue weighted by molar-refractivity contribution is 0.0794. The number of pyridine rings is 1. The predicted octanol–water partition coefficient (Wildman–Crippen LogP) is 5.25. The monoisotopic (exact) mass is 416 g/mol. The summed E-state index contributed by atoms with van der Waals surface area (Å²) in [6, 6.07) is 17.9. The van der Waals surface area contributed by atoms with E-state index in [9.17, 15) is 9.18 Å². The molecule has 0 saturated carbocycles. The number of fused-ring (bicyclic) bond motifs is 1. The number of halogens is 1. The van der Waals surface area contributed by atoms with Crippen molar-refractivity contribution >= 4 is 16.8 Å². The molecular formula is C25H25FN4O. The van der Waals surface area contributed by atoms with Gasteiger partial charge in [0.15, 0.2) is 0 Å². The van der Waals surface area contributed by atoms with Gasteiger partial charge in [0, 0.05) is 36.4 Å². The first-order valence-electron chi connectivity index (χ1n) is 10.5. The van der Waals surface area contributed by atoms with Gasteiger partial charge in [0.25, 0.3) is 5.91 Å². The molecule has 0 atom stereocenters. The third kappa shape index (κ3) is 4.97. The first-order valence-corrected chi connectivity index (χ1v) is 10.5. The van der Waals surface area contributed by atoms with Gasteiger partial charge in [-0.25, -0.2) is 4.39 Å². The second-order valence-corrected chi connectivity index (χ2v) is 7.70. The van der Waals surface area contributed by atoms with Crippen molar-refractivity contribution in [2.75, 3.05) is 13.6 Å². The molecular weight excluding hydrogens is 391 g/mol. The zero-order valence-corrected chi connectivity index (χ0v) is 17.5. The Balaban J connectivity index is 1.24. The maximum Gasteiger partial charge on any atom is 0.255 e. The van der Waals surface area contributed by atoms with Crippen LogP contribution in [0.1, 0.15) is 35.3 Å². The molecule has 0 aliphatic carbocycles.